The number of hydrogen-bond donors (Lipinski definition) is 7. The summed E-state index contributed by atoms with van der Waals surface area (Å²) in [6.45, 7) is -2.65. The van der Waals surface area contributed by atoms with E-state index >= 15 is 0 Å². The van der Waals surface area contributed by atoms with Gasteiger partial charge in [-0.25, -0.2) is 9.59 Å². The fraction of sp³-hybridized carbons (Fsp3) is 0.486. The van der Waals surface area contributed by atoms with Crippen molar-refractivity contribution in [3.05, 3.63) is 47.5 Å². The summed E-state index contributed by atoms with van der Waals surface area (Å²) in [6, 6.07) is 5.92. The highest BCUT2D eigenvalue weighted by Crippen LogP contribution is 2.40. The number of hydrogen-bond acceptors (Lipinski definition) is 19. The molecule has 19 heteroatoms. The summed E-state index contributed by atoms with van der Waals surface area (Å²) in [4.78, 5) is 25.6. The molecule has 19 nitrogen and oxygen atoms in total. The van der Waals surface area contributed by atoms with Gasteiger partial charge in [0.25, 0.3) is 0 Å². The van der Waals surface area contributed by atoms with Crippen LogP contribution in [0.25, 0.3) is 12.2 Å². The molecule has 0 aromatic heterocycles. The summed E-state index contributed by atoms with van der Waals surface area (Å²) in [5.41, 5.74) is 0.803. The lowest BCUT2D eigenvalue weighted by Gasteiger charge is -2.43. The number of methoxy groups -OCH3 is 5. The maximum atomic E-state index is 13.0. The van der Waals surface area contributed by atoms with Crippen molar-refractivity contribution in [3.8, 4) is 34.5 Å². The number of aromatic hydroxyl groups is 1. The van der Waals surface area contributed by atoms with Crippen LogP contribution in [-0.4, -0.2) is 158 Å². The maximum Gasteiger partial charge on any atom is 0.331 e. The summed E-state index contributed by atoms with van der Waals surface area (Å²) < 4.78 is 53.6. The normalized spacial score (nSPS) is 28.2. The number of aliphatic hydroxyl groups is 6. The van der Waals surface area contributed by atoms with E-state index in [-0.39, 0.29) is 17.2 Å². The lowest BCUT2D eigenvalue weighted by atomic mass is 9.98. The first-order chi connectivity index (χ1) is 25.8. The van der Waals surface area contributed by atoms with Crippen molar-refractivity contribution in [2.75, 3.05) is 55.4 Å². The van der Waals surface area contributed by atoms with Gasteiger partial charge in [0, 0.05) is 12.2 Å². The molecule has 0 bridgehead atoms. The first kappa shape index (κ1) is 42.0. The van der Waals surface area contributed by atoms with E-state index in [1.54, 1.807) is 0 Å². The Hall–Kier alpha value is -4.70. The van der Waals surface area contributed by atoms with Crippen LogP contribution < -0.4 is 23.7 Å². The minimum Gasteiger partial charge on any atom is -0.502 e. The molecule has 0 amide bonds. The van der Waals surface area contributed by atoms with Crippen LogP contribution in [0.2, 0.25) is 0 Å². The van der Waals surface area contributed by atoms with Crippen molar-refractivity contribution < 1.29 is 92.7 Å². The van der Waals surface area contributed by atoms with Gasteiger partial charge in [0.15, 0.2) is 35.4 Å². The predicted molar refractivity (Wildman–Crippen MR) is 182 cm³/mol. The molecule has 298 valence electrons. The number of phenols is 1. The van der Waals surface area contributed by atoms with Crippen molar-refractivity contribution in [3.63, 3.8) is 0 Å². The zero-order valence-corrected chi connectivity index (χ0v) is 29.9. The van der Waals surface area contributed by atoms with Crippen molar-refractivity contribution in [1.29, 1.82) is 0 Å². The Morgan fingerprint density at radius 1 is 0.722 bits per heavy atom. The summed E-state index contributed by atoms with van der Waals surface area (Å²) >= 11 is 0. The van der Waals surface area contributed by atoms with E-state index < -0.39 is 86.6 Å². The third-order valence-corrected chi connectivity index (χ3v) is 8.51. The summed E-state index contributed by atoms with van der Waals surface area (Å²) in [6.07, 6.45) is -9.75. The standard InChI is InChI=1S/C35H44O19/c1-45-19-10-17(11-20(46-2)27(19)40)6-8-25(38)50-15-24-28(41)30(43)31(44)34(51-24)54-35(16-37)33(29(42)23(14-36)53-35)52-26(39)9-7-18-12-21(47-3)32(49-5)22(13-18)48-4/h6-13,23-24,28-31,33-34,36-37,40-44H,14-16H2,1-5H3/t23-,24-,28-,29-,30+,31-,33+,34-,35+/m1/s1. The van der Waals surface area contributed by atoms with Gasteiger partial charge in [-0.15, -0.1) is 0 Å². The van der Waals surface area contributed by atoms with Gasteiger partial charge in [0.1, 0.15) is 49.8 Å². The zero-order chi connectivity index (χ0) is 39.7. The number of aliphatic hydroxyl groups excluding tert-OH is 6. The highest BCUT2D eigenvalue weighted by Gasteiger charge is 2.60. The Labute approximate surface area is 309 Å². The Balaban J connectivity index is 1.49. The molecule has 0 radical (unpaired) electrons. The topological polar surface area (TPSA) is 268 Å². The molecule has 9 atom stereocenters. The minimum absolute atomic E-state index is 0.0773. The van der Waals surface area contributed by atoms with E-state index in [9.17, 15) is 45.3 Å². The molecule has 2 heterocycles. The van der Waals surface area contributed by atoms with Gasteiger partial charge in [-0.3, -0.25) is 0 Å². The number of benzene rings is 2. The number of carbonyl (C=O) groups excluding carboxylic acids is 2. The fourth-order valence-electron chi connectivity index (χ4n) is 5.67. The molecule has 2 fully saturated rings. The van der Waals surface area contributed by atoms with Crippen LogP contribution >= 0.6 is 0 Å². The summed E-state index contributed by atoms with van der Waals surface area (Å²) in [5.74, 6) is -3.69. The average Bonchev–Trinajstić information content (AvgIpc) is 3.44. The van der Waals surface area contributed by atoms with Crippen LogP contribution in [-0.2, 0) is 33.3 Å². The van der Waals surface area contributed by atoms with E-state index in [4.69, 9.17) is 47.4 Å². The zero-order valence-electron chi connectivity index (χ0n) is 29.9. The largest absolute Gasteiger partial charge is 0.502 e. The molecule has 2 aliphatic rings. The molecule has 54 heavy (non-hydrogen) atoms. The molecular formula is C35H44O19. The molecule has 2 saturated heterocycles. The maximum absolute atomic E-state index is 13.0. The van der Waals surface area contributed by atoms with Crippen LogP contribution in [0.3, 0.4) is 0 Å². The molecular weight excluding hydrogens is 724 g/mol. The van der Waals surface area contributed by atoms with Gasteiger partial charge in [0.05, 0.1) is 42.2 Å². The monoisotopic (exact) mass is 768 g/mol. The quantitative estimate of drug-likeness (QED) is 0.0788. The molecule has 7 N–H and O–H groups in total. The molecule has 0 saturated carbocycles. The highest BCUT2D eigenvalue weighted by molar-refractivity contribution is 5.88. The van der Waals surface area contributed by atoms with Gasteiger partial charge in [0.2, 0.25) is 17.3 Å². The number of esters is 2. The first-order valence-corrected chi connectivity index (χ1v) is 16.2. The number of carbonyl (C=O) groups is 2. The van der Waals surface area contributed by atoms with Crippen molar-refractivity contribution in [2.24, 2.45) is 0 Å². The molecule has 0 spiro atoms. The van der Waals surface area contributed by atoms with E-state index in [2.05, 4.69) is 0 Å². The Kier molecular flexibility index (Phi) is 14.5. The number of phenolic OH excluding ortho intramolecular Hbond substituents is 1. The molecule has 0 aliphatic carbocycles. The third-order valence-electron chi connectivity index (χ3n) is 8.51. The Morgan fingerprint density at radius 3 is 1.76 bits per heavy atom. The van der Waals surface area contributed by atoms with Crippen molar-refractivity contribution in [2.45, 2.75) is 54.8 Å². The molecule has 2 aromatic rings. The third kappa shape index (κ3) is 9.14. The van der Waals surface area contributed by atoms with Crippen molar-refractivity contribution >= 4 is 24.1 Å². The van der Waals surface area contributed by atoms with Gasteiger partial charge in [-0.2, -0.15) is 0 Å². The summed E-state index contributed by atoms with van der Waals surface area (Å²) in [5, 5.41) is 73.3. The van der Waals surface area contributed by atoms with E-state index in [0.717, 1.165) is 12.2 Å². The second-order valence-electron chi connectivity index (χ2n) is 11.8. The van der Waals surface area contributed by atoms with Gasteiger partial charge >= 0.3 is 11.9 Å². The Bertz CT molecular complexity index is 1610. The summed E-state index contributed by atoms with van der Waals surface area (Å²) in [7, 11) is 6.89. The lowest BCUT2D eigenvalue weighted by molar-refractivity contribution is -0.383. The smallest absolute Gasteiger partial charge is 0.331 e. The van der Waals surface area contributed by atoms with Crippen LogP contribution in [0.4, 0.5) is 0 Å². The molecule has 0 unspecified atom stereocenters. The van der Waals surface area contributed by atoms with E-state index in [0.29, 0.717) is 28.4 Å². The average molecular weight is 769 g/mol. The second kappa shape index (κ2) is 18.6. The second-order valence-corrected chi connectivity index (χ2v) is 11.8. The minimum atomic E-state index is -2.49. The molecule has 4 rings (SSSR count). The van der Waals surface area contributed by atoms with Gasteiger partial charge < -0.3 is 83.1 Å². The van der Waals surface area contributed by atoms with E-state index in [1.807, 2.05) is 0 Å². The van der Waals surface area contributed by atoms with E-state index in [1.165, 1.54) is 72.0 Å². The fourth-order valence-corrected chi connectivity index (χ4v) is 5.67. The SMILES string of the molecule is COc1cc(C=CC(=O)OC[C@H]2O[C@H](O[C@]3(CO)O[C@H](CO)[C@@H](O)[C@@H]3OC(=O)C=Cc3cc(OC)c(OC)c(OC)c3)[C@H](O)[C@@H](O)[C@@H]2O)cc(OC)c1O. The molecule has 2 aliphatic heterocycles. The first-order valence-electron chi connectivity index (χ1n) is 16.2. The Morgan fingerprint density at radius 2 is 1.26 bits per heavy atom. The van der Waals surface area contributed by atoms with Crippen LogP contribution in [0.1, 0.15) is 11.1 Å². The van der Waals surface area contributed by atoms with Crippen LogP contribution in [0.5, 0.6) is 34.5 Å². The predicted octanol–water partition coefficient (Wildman–Crippen LogP) is -1.12. The molecule has 2 aromatic carbocycles. The van der Waals surface area contributed by atoms with Gasteiger partial charge in [-0.1, -0.05) is 0 Å². The highest BCUT2D eigenvalue weighted by atomic mass is 16.8. The number of ether oxygens (including phenoxy) is 10. The lowest BCUT2D eigenvalue weighted by Crippen LogP contribution is -2.63. The van der Waals surface area contributed by atoms with Gasteiger partial charge in [-0.05, 0) is 47.5 Å². The van der Waals surface area contributed by atoms with Crippen LogP contribution in [0, 0.1) is 0 Å². The van der Waals surface area contributed by atoms with Crippen molar-refractivity contribution in [1.82, 2.24) is 0 Å². The van der Waals surface area contributed by atoms with Crippen LogP contribution in [0.15, 0.2) is 36.4 Å². The number of rotatable bonds is 16.